The molecular formula is C9H13N3O3S. The summed E-state index contributed by atoms with van der Waals surface area (Å²) in [5.74, 6) is 1.09. The Morgan fingerprint density at radius 3 is 2.75 bits per heavy atom. The molecule has 16 heavy (non-hydrogen) atoms. The van der Waals surface area contributed by atoms with E-state index in [9.17, 15) is 8.42 Å². The second-order valence-electron chi connectivity index (χ2n) is 4.31. The van der Waals surface area contributed by atoms with Gasteiger partial charge in [-0.25, -0.2) is 13.4 Å². The van der Waals surface area contributed by atoms with Gasteiger partial charge in [0.05, 0.1) is 11.9 Å². The molecule has 88 valence electrons. The minimum atomic E-state index is -3.40. The quantitative estimate of drug-likeness (QED) is 0.822. The maximum Gasteiger partial charge on any atom is 0.267 e. The average molecular weight is 243 g/mol. The van der Waals surface area contributed by atoms with Gasteiger partial charge in [-0.05, 0) is 19.3 Å². The third kappa shape index (κ3) is 1.63. The zero-order valence-corrected chi connectivity index (χ0v) is 9.53. The van der Waals surface area contributed by atoms with Crippen molar-refractivity contribution < 1.29 is 13.2 Å². The van der Waals surface area contributed by atoms with Gasteiger partial charge >= 0.3 is 0 Å². The molecule has 3 rings (SSSR count). The topological polar surface area (TPSA) is 84.9 Å². The fraction of sp³-hybridized carbons (Fsp3) is 0.778. The Bertz CT molecular complexity index is 486. The van der Waals surface area contributed by atoms with Gasteiger partial charge in [0.2, 0.25) is 9.84 Å². The van der Waals surface area contributed by atoms with Gasteiger partial charge in [0, 0.05) is 12.5 Å². The molecule has 7 heteroatoms. The van der Waals surface area contributed by atoms with Crippen LogP contribution in [-0.2, 0) is 14.6 Å². The third-order valence-electron chi connectivity index (χ3n) is 3.03. The van der Waals surface area contributed by atoms with Gasteiger partial charge in [-0.2, -0.15) is 0 Å². The van der Waals surface area contributed by atoms with Crippen LogP contribution in [0.3, 0.4) is 0 Å². The Labute approximate surface area is 93.3 Å². The van der Waals surface area contributed by atoms with Gasteiger partial charge in [-0.15, -0.1) is 5.10 Å². The molecule has 0 radical (unpaired) electrons. The van der Waals surface area contributed by atoms with Crippen molar-refractivity contribution in [3.63, 3.8) is 0 Å². The van der Waals surface area contributed by atoms with Crippen molar-refractivity contribution in [3.8, 4) is 0 Å². The lowest BCUT2D eigenvalue weighted by Gasteiger charge is -2.04. The SMILES string of the molecule is O=S(=O)(c1n[nH]c(C2CC2)n1)C1CCOC1. The average Bonchev–Trinajstić information content (AvgIpc) is 2.83. The summed E-state index contributed by atoms with van der Waals surface area (Å²) >= 11 is 0. The van der Waals surface area contributed by atoms with E-state index in [1.54, 1.807) is 0 Å². The van der Waals surface area contributed by atoms with Crippen LogP contribution in [0.15, 0.2) is 5.16 Å². The van der Waals surface area contributed by atoms with E-state index in [0.29, 0.717) is 24.8 Å². The highest BCUT2D eigenvalue weighted by Crippen LogP contribution is 2.38. The smallest absolute Gasteiger partial charge is 0.267 e. The summed E-state index contributed by atoms with van der Waals surface area (Å²) in [6.45, 7) is 0.763. The van der Waals surface area contributed by atoms with Gasteiger partial charge in [0.15, 0.2) is 0 Å². The number of aromatic amines is 1. The van der Waals surface area contributed by atoms with Crippen LogP contribution in [0.1, 0.15) is 31.0 Å². The molecule has 6 nitrogen and oxygen atoms in total. The molecule has 0 aromatic carbocycles. The monoisotopic (exact) mass is 243 g/mol. The van der Waals surface area contributed by atoms with Gasteiger partial charge < -0.3 is 4.74 Å². The highest BCUT2D eigenvalue weighted by atomic mass is 32.2. The number of rotatable bonds is 3. The summed E-state index contributed by atoms with van der Waals surface area (Å²) in [6.07, 6.45) is 2.68. The predicted molar refractivity (Wildman–Crippen MR) is 54.8 cm³/mol. The highest BCUT2D eigenvalue weighted by Gasteiger charge is 2.36. The molecule has 1 aliphatic heterocycles. The number of hydrogen-bond acceptors (Lipinski definition) is 5. The van der Waals surface area contributed by atoms with Crippen LogP contribution in [0.4, 0.5) is 0 Å². The zero-order chi connectivity index (χ0) is 11.2. The molecule has 2 fully saturated rings. The van der Waals surface area contributed by atoms with Crippen LogP contribution in [0, 0.1) is 0 Å². The van der Waals surface area contributed by atoms with E-state index in [1.807, 2.05) is 0 Å². The van der Waals surface area contributed by atoms with Crippen molar-refractivity contribution in [2.24, 2.45) is 0 Å². The number of nitrogens with zero attached hydrogens (tertiary/aromatic N) is 2. The molecule has 2 heterocycles. The summed E-state index contributed by atoms with van der Waals surface area (Å²) in [7, 11) is -3.40. The second-order valence-corrected chi connectivity index (χ2v) is 6.43. The largest absolute Gasteiger partial charge is 0.380 e. The Balaban J connectivity index is 1.88. The first-order valence-corrected chi connectivity index (χ1v) is 6.96. The summed E-state index contributed by atoms with van der Waals surface area (Å²) in [6, 6.07) is 0. The minimum absolute atomic E-state index is 0.0649. The van der Waals surface area contributed by atoms with E-state index in [-0.39, 0.29) is 11.8 Å². The lowest BCUT2D eigenvalue weighted by Crippen LogP contribution is -2.22. The fourth-order valence-corrected chi connectivity index (χ4v) is 3.21. The van der Waals surface area contributed by atoms with Gasteiger partial charge in [0.25, 0.3) is 5.16 Å². The molecular weight excluding hydrogens is 230 g/mol. The molecule has 1 aromatic rings. The Morgan fingerprint density at radius 2 is 2.12 bits per heavy atom. The lowest BCUT2D eigenvalue weighted by molar-refractivity contribution is 0.198. The number of H-pyrrole nitrogens is 1. The van der Waals surface area contributed by atoms with E-state index in [0.717, 1.165) is 12.8 Å². The van der Waals surface area contributed by atoms with E-state index in [1.165, 1.54) is 0 Å². The number of hydrogen-bond donors (Lipinski definition) is 1. The molecule has 0 bridgehead atoms. The lowest BCUT2D eigenvalue weighted by atomic mass is 10.4. The van der Waals surface area contributed by atoms with Crippen LogP contribution in [0.2, 0.25) is 0 Å². The third-order valence-corrected chi connectivity index (χ3v) is 4.97. The second kappa shape index (κ2) is 3.53. The molecule has 1 aromatic heterocycles. The molecule has 1 atom stereocenters. The van der Waals surface area contributed by atoms with E-state index >= 15 is 0 Å². The molecule has 2 aliphatic rings. The summed E-state index contributed by atoms with van der Waals surface area (Å²) in [4.78, 5) is 4.08. The van der Waals surface area contributed by atoms with Crippen molar-refractivity contribution in [1.29, 1.82) is 0 Å². The molecule has 1 saturated heterocycles. The van der Waals surface area contributed by atoms with Crippen LogP contribution in [0.25, 0.3) is 0 Å². The standard InChI is InChI=1S/C9H13N3O3S/c13-16(14,7-3-4-15-5-7)9-10-8(11-12-9)6-1-2-6/h6-7H,1-5H2,(H,10,11,12). The van der Waals surface area contributed by atoms with Gasteiger partial charge in [0.1, 0.15) is 5.82 Å². The van der Waals surface area contributed by atoms with E-state index in [2.05, 4.69) is 15.2 Å². The molecule has 0 spiro atoms. The van der Waals surface area contributed by atoms with Crippen molar-refractivity contribution in [2.75, 3.05) is 13.2 Å². The molecule has 1 N–H and O–H groups in total. The molecule has 1 unspecified atom stereocenters. The van der Waals surface area contributed by atoms with E-state index in [4.69, 9.17) is 4.74 Å². The Hall–Kier alpha value is -0.950. The zero-order valence-electron chi connectivity index (χ0n) is 8.72. The first-order valence-electron chi connectivity index (χ1n) is 5.42. The van der Waals surface area contributed by atoms with Crippen LogP contribution in [0.5, 0.6) is 0 Å². The minimum Gasteiger partial charge on any atom is -0.380 e. The van der Waals surface area contributed by atoms with Crippen molar-refractivity contribution in [3.05, 3.63) is 5.82 Å². The number of aromatic nitrogens is 3. The first-order chi connectivity index (χ1) is 7.68. The normalized spacial score (nSPS) is 26.1. The maximum absolute atomic E-state index is 12.1. The number of nitrogens with one attached hydrogen (secondary N) is 1. The summed E-state index contributed by atoms with van der Waals surface area (Å²) in [5.41, 5.74) is 0. The van der Waals surface area contributed by atoms with Crippen molar-refractivity contribution in [2.45, 2.75) is 35.6 Å². The van der Waals surface area contributed by atoms with Crippen molar-refractivity contribution in [1.82, 2.24) is 15.2 Å². The highest BCUT2D eigenvalue weighted by molar-refractivity contribution is 7.91. The van der Waals surface area contributed by atoms with Crippen LogP contribution >= 0.6 is 0 Å². The maximum atomic E-state index is 12.1. The number of sulfone groups is 1. The van der Waals surface area contributed by atoms with Gasteiger partial charge in [-0.1, -0.05) is 0 Å². The number of ether oxygens (including phenoxy) is 1. The Morgan fingerprint density at radius 1 is 1.31 bits per heavy atom. The van der Waals surface area contributed by atoms with Crippen LogP contribution < -0.4 is 0 Å². The predicted octanol–water partition coefficient (Wildman–Crippen LogP) is 0.245. The van der Waals surface area contributed by atoms with Crippen LogP contribution in [-0.4, -0.2) is 42.1 Å². The molecule has 0 amide bonds. The van der Waals surface area contributed by atoms with Gasteiger partial charge in [-0.3, -0.25) is 5.10 Å². The van der Waals surface area contributed by atoms with Crippen molar-refractivity contribution >= 4 is 9.84 Å². The first kappa shape index (κ1) is 10.2. The fourth-order valence-electron chi connectivity index (χ4n) is 1.83. The summed E-state index contributed by atoms with van der Waals surface area (Å²) in [5, 5.41) is 5.99. The van der Waals surface area contributed by atoms with E-state index < -0.39 is 15.1 Å². The summed E-state index contributed by atoms with van der Waals surface area (Å²) < 4.78 is 29.2. The molecule has 1 aliphatic carbocycles. The Kier molecular flexibility index (Phi) is 2.25. The molecule has 1 saturated carbocycles.